The highest BCUT2D eigenvalue weighted by Crippen LogP contribution is 2.43. The third-order valence-corrected chi connectivity index (χ3v) is 4.51. The van der Waals surface area contributed by atoms with Gasteiger partial charge in [-0.1, -0.05) is 43.7 Å². The minimum Gasteiger partial charge on any atom is -0.481 e. The Morgan fingerprint density at radius 3 is 2.53 bits per heavy atom. The highest BCUT2D eigenvalue weighted by molar-refractivity contribution is 5.76. The zero-order valence-electron chi connectivity index (χ0n) is 11.6. The van der Waals surface area contributed by atoms with Crippen LogP contribution in [0.2, 0.25) is 0 Å². The smallest absolute Gasteiger partial charge is 0.312 e. The maximum atomic E-state index is 11.4. The zero-order chi connectivity index (χ0) is 13.7. The van der Waals surface area contributed by atoms with Crippen molar-refractivity contribution in [1.29, 1.82) is 0 Å². The molecule has 1 atom stereocenters. The van der Waals surface area contributed by atoms with E-state index in [1.54, 1.807) is 0 Å². The Balaban J connectivity index is 1.90. The van der Waals surface area contributed by atoms with Crippen LogP contribution in [0.5, 0.6) is 0 Å². The van der Waals surface area contributed by atoms with E-state index in [9.17, 15) is 9.90 Å². The van der Waals surface area contributed by atoms with Crippen LogP contribution in [-0.2, 0) is 4.79 Å². The molecule has 1 unspecified atom stereocenters. The summed E-state index contributed by atoms with van der Waals surface area (Å²) in [7, 11) is 0. The van der Waals surface area contributed by atoms with Crippen molar-refractivity contribution in [1.82, 2.24) is 5.32 Å². The van der Waals surface area contributed by atoms with Crippen molar-refractivity contribution >= 4 is 5.97 Å². The third kappa shape index (κ3) is 3.35. The van der Waals surface area contributed by atoms with Crippen molar-refractivity contribution < 1.29 is 9.90 Å². The molecule has 0 bridgehead atoms. The number of benzene rings is 1. The van der Waals surface area contributed by atoms with Gasteiger partial charge in [0.15, 0.2) is 0 Å². The summed E-state index contributed by atoms with van der Waals surface area (Å²) in [4.78, 5) is 11.4. The quantitative estimate of drug-likeness (QED) is 0.793. The van der Waals surface area contributed by atoms with E-state index in [1.165, 1.54) is 25.7 Å². The highest BCUT2D eigenvalue weighted by atomic mass is 16.4. The molecule has 0 aromatic heterocycles. The summed E-state index contributed by atoms with van der Waals surface area (Å²) in [6, 6.07) is 9.48. The lowest BCUT2D eigenvalue weighted by Gasteiger charge is -2.41. The van der Waals surface area contributed by atoms with Crippen molar-refractivity contribution in [2.75, 3.05) is 13.1 Å². The molecule has 19 heavy (non-hydrogen) atoms. The van der Waals surface area contributed by atoms with Crippen molar-refractivity contribution in [3.63, 3.8) is 0 Å². The molecule has 2 N–H and O–H groups in total. The highest BCUT2D eigenvalue weighted by Gasteiger charge is 2.34. The average Bonchev–Trinajstić information content (AvgIpc) is 2.38. The minimum atomic E-state index is -0.752. The standard InChI is InChI=1S/C16H23NO2/c1-2-16(9-6-10-16)12-17-11-14(15(18)19)13-7-4-3-5-8-13/h3-5,7-8,14,17H,2,6,9-12H2,1H3,(H,18,19). The number of hydrogen-bond acceptors (Lipinski definition) is 2. The number of nitrogens with one attached hydrogen (secondary N) is 1. The average molecular weight is 261 g/mol. The first-order valence-electron chi connectivity index (χ1n) is 7.15. The molecule has 3 nitrogen and oxygen atoms in total. The Bertz CT molecular complexity index is 407. The van der Waals surface area contributed by atoms with E-state index in [-0.39, 0.29) is 0 Å². The molecule has 1 aliphatic carbocycles. The molecular formula is C16H23NO2. The molecule has 0 amide bonds. The normalized spacial score (nSPS) is 18.6. The van der Waals surface area contributed by atoms with Gasteiger partial charge in [-0.3, -0.25) is 4.79 Å². The van der Waals surface area contributed by atoms with Crippen LogP contribution in [0, 0.1) is 5.41 Å². The fraction of sp³-hybridized carbons (Fsp3) is 0.562. The second-order valence-electron chi connectivity index (χ2n) is 5.64. The Morgan fingerprint density at radius 2 is 2.05 bits per heavy atom. The van der Waals surface area contributed by atoms with Crippen molar-refractivity contribution in [3.8, 4) is 0 Å². The number of rotatable bonds is 7. The van der Waals surface area contributed by atoms with E-state index >= 15 is 0 Å². The Hall–Kier alpha value is -1.35. The maximum Gasteiger partial charge on any atom is 0.312 e. The number of carbonyl (C=O) groups is 1. The van der Waals surface area contributed by atoms with Gasteiger partial charge in [0.1, 0.15) is 0 Å². The summed E-state index contributed by atoms with van der Waals surface area (Å²) in [5.41, 5.74) is 1.31. The summed E-state index contributed by atoms with van der Waals surface area (Å²) in [5, 5.41) is 12.7. The van der Waals surface area contributed by atoms with Crippen LogP contribution in [0.25, 0.3) is 0 Å². The fourth-order valence-electron chi connectivity index (χ4n) is 2.85. The number of hydrogen-bond donors (Lipinski definition) is 2. The van der Waals surface area contributed by atoms with Gasteiger partial charge < -0.3 is 10.4 Å². The van der Waals surface area contributed by atoms with Gasteiger partial charge in [-0.2, -0.15) is 0 Å². The van der Waals surface area contributed by atoms with Gasteiger partial charge in [0.05, 0.1) is 5.92 Å². The van der Waals surface area contributed by atoms with Gasteiger partial charge in [-0.05, 0) is 30.2 Å². The van der Waals surface area contributed by atoms with Gasteiger partial charge in [-0.15, -0.1) is 0 Å². The molecule has 104 valence electrons. The largest absolute Gasteiger partial charge is 0.481 e. The Labute approximate surface area is 115 Å². The topological polar surface area (TPSA) is 49.3 Å². The number of carboxylic acids is 1. The summed E-state index contributed by atoms with van der Waals surface area (Å²) < 4.78 is 0. The molecule has 0 aliphatic heterocycles. The van der Waals surface area contributed by atoms with Crippen LogP contribution < -0.4 is 5.32 Å². The Morgan fingerprint density at radius 1 is 1.37 bits per heavy atom. The van der Waals surface area contributed by atoms with Crippen LogP contribution in [-0.4, -0.2) is 24.2 Å². The Kier molecular flexibility index (Phi) is 4.59. The van der Waals surface area contributed by atoms with Crippen LogP contribution in [0.15, 0.2) is 30.3 Å². The van der Waals surface area contributed by atoms with E-state index in [1.807, 2.05) is 30.3 Å². The predicted molar refractivity (Wildman–Crippen MR) is 76.3 cm³/mol. The second kappa shape index (κ2) is 6.20. The third-order valence-electron chi connectivity index (χ3n) is 4.51. The van der Waals surface area contributed by atoms with E-state index in [2.05, 4.69) is 12.2 Å². The molecule has 2 rings (SSSR count). The van der Waals surface area contributed by atoms with Crippen molar-refractivity contribution in [2.45, 2.75) is 38.5 Å². The lowest BCUT2D eigenvalue weighted by Crippen LogP contribution is -2.41. The number of aliphatic carboxylic acids is 1. The molecule has 0 radical (unpaired) electrons. The minimum absolute atomic E-state index is 0.430. The van der Waals surface area contributed by atoms with Gasteiger partial charge in [0, 0.05) is 13.1 Å². The van der Waals surface area contributed by atoms with Gasteiger partial charge in [0.25, 0.3) is 0 Å². The molecule has 1 aromatic carbocycles. The lowest BCUT2D eigenvalue weighted by atomic mass is 9.67. The lowest BCUT2D eigenvalue weighted by molar-refractivity contribution is -0.138. The molecule has 1 saturated carbocycles. The first kappa shape index (κ1) is 14.1. The molecule has 0 spiro atoms. The first-order valence-corrected chi connectivity index (χ1v) is 7.15. The van der Waals surface area contributed by atoms with E-state index in [4.69, 9.17) is 0 Å². The van der Waals surface area contributed by atoms with Crippen LogP contribution in [0.3, 0.4) is 0 Å². The van der Waals surface area contributed by atoms with E-state index < -0.39 is 11.9 Å². The number of carboxylic acid groups (broad SMARTS) is 1. The van der Waals surface area contributed by atoms with Crippen molar-refractivity contribution in [2.24, 2.45) is 5.41 Å². The fourth-order valence-corrected chi connectivity index (χ4v) is 2.85. The molecule has 3 heteroatoms. The van der Waals surface area contributed by atoms with E-state index in [0.29, 0.717) is 12.0 Å². The summed E-state index contributed by atoms with van der Waals surface area (Å²) in [5.74, 6) is -1.20. The zero-order valence-corrected chi connectivity index (χ0v) is 11.6. The van der Waals surface area contributed by atoms with E-state index in [0.717, 1.165) is 12.1 Å². The van der Waals surface area contributed by atoms with Gasteiger partial charge in [0.2, 0.25) is 0 Å². The van der Waals surface area contributed by atoms with Gasteiger partial charge in [-0.25, -0.2) is 0 Å². The molecule has 0 saturated heterocycles. The summed E-state index contributed by atoms with van der Waals surface area (Å²) in [6.07, 6.45) is 5.05. The van der Waals surface area contributed by atoms with Crippen molar-refractivity contribution in [3.05, 3.63) is 35.9 Å². The van der Waals surface area contributed by atoms with Gasteiger partial charge >= 0.3 is 5.97 Å². The first-order chi connectivity index (χ1) is 9.17. The molecule has 0 heterocycles. The van der Waals surface area contributed by atoms with Crippen LogP contribution in [0.1, 0.15) is 44.1 Å². The van der Waals surface area contributed by atoms with Crippen LogP contribution in [0.4, 0.5) is 0 Å². The maximum absolute atomic E-state index is 11.4. The molecule has 1 fully saturated rings. The summed E-state index contributed by atoms with van der Waals surface area (Å²) >= 11 is 0. The molecule has 1 aromatic rings. The molecule has 1 aliphatic rings. The SMILES string of the molecule is CCC1(CNCC(C(=O)O)c2ccccc2)CCC1. The summed E-state index contributed by atoms with van der Waals surface area (Å²) in [6.45, 7) is 3.69. The predicted octanol–water partition coefficient (Wildman–Crippen LogP) is 3.02. The monoisotopic (exact) mass is 261 g/mol. The van der Waals surface area contributed by atoms with Crippen LogP contribution >= 0.6 is 0 Å². The molecular weight excluding hydrogens is 238 g/mol. The second-order valence-corrected chi connectivity index (χ2v) is 5.64.